The molecule has 1 unspecified atom stereocenters. The lowest BCUT2D eigenvalue weighted by Gasteiger charge is -2.14. The van der Waals surface area contributed by atoms with Crippen LogP contribution in [-0.2, 0) is 6.54 Å². The number of rotatable bonds is 7. The van der Waals surface area contributed by atoms with Crippen molar-refractivity contribution in [3.8, 4) is 22.5 Å². The van der Waals surface area contributed by atoms with E-state index >= 15 is 0 Å². The summed E-state index contributed by atoms with van der Waals surface area (Å²) in [6.45, 7) is 2.73. The molecular formula is C26H22N5PS. The van der Waals surface area contributed by atoms with E-state index < -0.39 is 0 Å². The van der Waals surface area contributed by atoms with Gasteiger partial charge in [-0.3, -0.25) is 9.97 Å². The van der Waals surface area contributed by atoms with Gasteiger partial charge in [-0.25, -0.2) is 9.97 Å². The molecule has 2 aromatic carbocycles. The molecule has 0 spiro atoms. The standard InChI is InChI=1S/C26H22N5PS/c1-32-33-21-14-19(15-27-17-21)25-30-23-12-7-11-22(18-8-3-2-4-9-18)24(23)26(31-25)29-16-20-10-5-6-13-28-20/h2-15,17,32H,16H2,1H3,(H,29,30,31). The summed E-state index contributed by atoms with van der Waals surface area (Å²) in [5, 5.41) is 4.52. The number of fused-ring (bicyclic) bond motifs is 1. The Labute approximate surface area is 198 Å². The smallest absolute Gasteiger partial charge is 0.163 e. The summed E-state index contributed by atoms with van der Waals surface area (Å²) >= 11 is 1.79. The maximum Gasteiger partial charge on any atom is 0.163 e. The number of anilines is 1. The molecule has 1 atom stereocenters. The highest BCUT2D eigenvalue weighted by atomic mass is 32.7. The zero-order chi connectivity index (χ0) is 22.5. The summed E-state index contributed by atoms with van der Waals surface area (Å²) in [4.78, 5) is 19.9. The fourth-order valence-electron chi connectivity index (χ4n) is 3.69. The predicted molar refractivity (Wildman–Crippen MR) is 140 cm³/mol. The fraction of sp³-hybridized carbons (Fsp3) is 0.0769. The lowest BCUT2D eigenvalue weighted by Crippen LogP contribution is -2.06. The minimum Gasteiger partial charge on any atom is -0.364 e. The average Bonchev–Trinajstić information content (AvgIpc) is 2.88. The largest absolute Gasteiger partial charge is 0.364 e. The van der Waals surface area contributed by atoms with Gasteiger partial charge in [0.15, 0.2) is 5.82 Å². The van der Waals surface area contributed by atoms with Crippen LogP contribution in [-0.4, -0.2) is 26.6 Å². The lowest BCUT2D eigenvalue weighted by molar-refractivity contribution is 1.03. The van der Waals surface area contributed by atoms with E-state index in [4.69, 9.17) is 9.97 Å². The Bertz CT molecular complexity index is 1380. The summed E-state index contributed by atoms with van der Waals surface area (Å²) in [6, 6.07) is 24.6. The molecule has 0 aliphatic carbocycles. The molecule has 5 aromatic rings. The highest BCUT2D eigenvalue weighted by molar-refractivity contribution is 8.49. The van der Waals surface area contributed by atoms with Gasteiger partial charge in [0.2, 0.25) is 0 Å². The molecule has 3 aromatic heterocycles. The van der Waals surface area contributed by atoms with Gasteiger partial charge in [0, 0.05) is 29.0 Å². The first-order valence-corrected chi connectivity index (χ1v) is 13.6. The van der Waals surface area contributed by atoms with Crippen LogP contribution in [0.4, 0.5) is 5.82 Å². The molecule has 0 aliphatic rings. The van der Waals surface area contributed by atoms with Crippen LogP contribution in [0.2, 0.25) is 0 Å². The maximum absolute atomic E-state index is 4.98. The van der Waals surface area contributed by atoms with Crippen LogP contribution in [0.3, 0.4) is 0 Å². The first-order chi connectivity index (χ1) is 16.3. The topological polar surface area (TPSA) is 63.6 Å². The summed E-state index contributed by atoms with van der Waals surface area (Å²) in [5.74, 6) is 1.45. The molecular weight excluding hydrogens is 445 g/mol. The van der Waals surface area contributed by atoms with Crippen molar-refractivity contribution in [2.45, 2.75) is 11.4 Å². The molecule has 7 heteroatoms. The van der Waals surface area contributed by atoms with Crippen molar-refractivity contribution in [1.82, 2.24) is 19.9 Å². The number of benzene rings is 2. The fourth-order valence-corrected chi connectivity index (χ4v) is 5.27. The zero-order valence-electron chi connectivity index (χ0n) is 18.1. The van der Waals surface area contributed by atoms with Crippen LogP contribution in [0.1, 0.15) is 5.69 Å². The van der Waals surface area contributed by atoms with Crippen LogP contribution < -0.4 is 5.32 Å². The second-order valence-electron chi connectivity index (χ2n) is 7.35. The average molecular weight is 468 g/mol. The van der Waals surface area contributed by atoms with Gasteiger partial charge in [-0.15, -0.1) is 11.4 Å². The third-order valence-corrected chi connectivity index (χ3v) is 7.15. The van der Waals surface area contributed by atoms with Gasteiger partial charge in [0.05, 0.1) is 23.1 Å². The lowest BCUT2D eigenvalue weighted by atomic mass is 10.0. The summed E-state index contributed by atoms with van der Waals surface area (Å²) in [5.41, 5.74) is 4.97. The second kappa shape index (κ2) is 10.1. The van der Waals surface area contributed by atoms with Gasteiger partial charge in [0.1, 0.15) is 5.82 Å². The van der Waals surface area contributed by atoms with Gasteiger partial charge >= 0.3 is 0 Å². The minimum atomic E-state index is 0.570. The monoisotopic (exact) mass is 467 g/mol. The molecule has 5 nitrogen and oxygen atoms in total. The van der Waals surface area contributed by atoms with Crippen molar-refractivity contribution >= 4 is 35.9 Å². The summed E-state index contributed by atoms with van der Waals surface area (Å²) < 4.78 is 0. The van der Waals surface area contributed by atoms with E-state index in [0.717, 1.165) is 51.8 Å². The van der Waals surface area contributed by atoms with E-state index in [1.54, 1.807) is 17.6 Å². The van der Waals surface area contributed by atoms with E-state index in [9.17, 15) is 0 Å². The Morgan fingerprint density at radius 3 is 2.58 bits per heavy atom. The number of nitrogens with zero attached hydrogens (tertiary/aromatic N) is 4. The molecule has 0 bridgehead atoms. The van der Waals surface area contributed by atoms with Crippen LogP contribution in [0, 0.1) is 0 Å². The molecule has 0 saturated carbocycles. The Morgan fingerprint density at radius 2 is 1.76 bits per heavy atom. The Kier molecular flexibility index (Phi) is 6.56. The van der Waals surface area contributed by atoms with Crippen LogP contribution in [0.15, 0.2) is 96.3 Å². The van der Waals surface area contributed by atoms with Crippen molar-refractivity contribution in [2.75, 3.05) is 12.0 Å². The van der Waals surface area contributed by atoms with Gasteiger partial charge < -0.3 is 5.32 Å². The molecule has 3 heterocycles. The maximum atomic E-state index is 4.98. The number of hydrogen-bond donors (Lipinski definition) is 1. The Hall–Kier alpha value is -3.34. The number of aromatic nitrogens is 4. The van der Waals surface area contributed by atoms with Crippen molar-refractivity contribution in [2.24, 2.45) is 0 Å². The molecule has 0 fully saturated rings. The van der Waals surface area contributed by atoms with Crippen molar-refractivity contribution in [3.05, 3.63) is 97.1 Å². The molecule has 1 N–H and O–H groups in total. The Morgan fingerprint density at radius 1 is 0.879 bits per heavy atom. The first-order valence-electron chi connectivity index (χ1n) is 10.6. The van der Waals surface area contributed by atoms with Crippen molar-refractivity contribution in [1.29, 1.82) is 0 Å². The first kappa shape index (κ1) is 21.5. The highest BCUT2D eigenvalue weighted by Gasteiger charge is 2.15. The quantitative estimate of drug-likeness (QED) is 0.269. The second-order valence-corrected chi connectivity index (χ2v) is 10.3. The minimum absolute atomic E-state index is 0.570. The van der Waals surface area contributed by atoms with Gasteiger partial charge in [-0.2, -0.15) is 0 Å². The highest BCUT2D eigenvalue weighted by Crippen LogP contribution is 2.37. The third-order valence-electron chi connectivity index (χ3n) is 5.16. The molecule has 0 saturated heterocycles. The van der Waals surface area contributed by atoms with Gasteiger partial charge in [-0.05, 0) is 42.1 Å². The van der Waals surface area contributed by atoms with E-state index in [0.29, 0.717) is 12.4 Å². The molecule has 162 valence electrons. The Balaban J connectivity index is 1.66. The van der Waals surface area contributed by atoms with E-state index in [1.807, 2.05) is 60.9 Å². The number of pyridine rings is 2. The zero-order valence-corrected chi connectivity index (χ0v) is 19.9. The van der Waals surface area contributed by atoms with Gasteiger partial charge in [-0.1, -0.05) is 56.3 Å². The molecule has 5 rings (SSSR count). The molecule has 33 heavy (non-hydrogen) atoms. The molecule has 0 aliphatic heterocycles. The van der Waals surface area contributed by atoms with Crippen molar-refractivity contribution in [3.63, 3.8) is 0 Å². The predicted octanol–water partition coefficient (Wildman–Crippen LogP) is 6.68. The molecule has 0 radical (unpaired) electrons. The summed E-state index contributed by atoms with van der Waals surface area (Å²) in [6.07, 6.45) is 5.52. The van der Waals surface area contributed by atoms with Crippen LogP contribution in [0.25, 0.3) is 33.4 Å². The van der Waals surface area contributed by atoms with Crippen molar-refractivity contribution < 1.29 is 0 Å². The van der Waals surface area contributed by atoms with Crippen LogP contribution in [0.5, 0.6) is 0 Å². The SMILES string of the molecule is CPSc1cncc(-c2nc(NCc3ccccn3)c3c(-c4ccccc4)cccc3n2)c1. The normalized spacial score (nSPS) is 11.3. The molecule has 0 amide bonds. The van der Waals surface area contributed by atoms with E-state index in [1.165, 1.54) is 0 Å². The third kappa shape index (κ3) is 4.87. The number of hydrogen-bond acceptors (Lipinski definition) is 6. The van der Waals surface area contributed by atoms with Crippen LogP contribution >= 0.6 is 19.2 Å². The van der Waals surface area contributed by atoms with E-state index in [2.05, 4.69) is 46.2 Å². The van der Waals surface area contributed by atoms with Gasteiger partial charge in [0.25, 0.3) is 0 Å². The van der Waals surface area contributed by atoms with E-state index in [-0.39, 0.29) is 0 Å². The number of nitrogens with one attached hydrogen (secondary N) is 1. The summed E-state index contributed by atoms with van der Waals surface area (Å²) in [7, 11) is 0.754.